The average Bonchev–Trinajstić information content (AvgIpc) is 3.31. The molecule has 0 aliphatic heterocycles. The van der Waals surface area contributed by atoms with Crippen LogP contribution >= 0.6 is 0 Å². The molecule has 0 heterocycles. The third-order valence-electron chi connectivity index (χ3n) is 13.2. The van der Waals surface area contributed by atoms with Gasteiger partial charge in [0.2, 0.25) is 0 Å². The van der Waals surface area contributed by atoms with Gasteiger partial charge in [0.15, 0.2) is 6.10 Å². The molecule has 0 rings (SSSR count). The van der Waals surface area contributed by atoms with Crippen molar-refractivity contribution < 1.29 is 28.6 Å². The Hall–Kier alpha value is -2.11. The van der Waals surface area contributed by atoms with E-state index in [0.717, 1.165) is 70.6 Å². The first-order valence-corrected chi connectivity index (χ1v) is 29.3. The molecule has 0 aliphatic carbocycles. The lowest BCUT2D eigenvalue weighted by atomic mass is 10.0. The van der Waals surface area contributed by atoms with E-state index in [1.807, 2.05) is 0 Å². The number of hydrogen-bond acceptors (Lipinski definition) is 6. The van der Waals surface area contributed by atoms with Crippen LogP contribution in [-0.4, -0.2) is 37.2 Å². The van der Waals surface area contributed by atoms with E-state index in [1.54, 1.807) is 0 Å². The molecular formula is C60H112O6. The van der Waals surface area contributed by atoms with E-state index in [1.165, 1.54) is 212 Å². The Labute approximate surface area is 411 Å². The summed E-state index contributed by atoms with van der Waals surface area (Å²) in [7, 11) is 0. The first-order chi connectivity index (χ1) is 32.5. The summed E-state index contributed by atoms with van der Waals surface area (Å²) in [5.41, 5.74) is 0. The number of unbranched alkanes of at least 4 members (excludes halogenated alkanes) is 39. The third-order valence-corrected chi connectivity index (χ3v) is 13.2. The van der Waals surface area contributed by atoms with E-state index in [2.05, 4.69) is 45.1 Å². The number of allylic oxidation sites excluding steroid dienone is 4. The zero-order valence-corrected chi connectivity index (χ0v) is 44.5. The Morgan fingerprint density at radius 1 is 0.303 bits per heavy atom. The van der Waals surface area contributed by atoms with Crippen LogP contribution in [0.3, 0.4) is 0 Å². The third kappa shape index (κ3) is 52.9. The highest BCUT2D eigenvalue weighted by Crippen LogP contribution is 2.17. The van der Waals surface area contributed by atoms with Gasteiger partial charge < -0.3 is 14.2 Å². The second kappa shape index (κ2) is 55.5. The summed E-state index contributed by atoms with van der Waals surface area (Å²) in [6.45, 7) is 6.58. The fourth-order valence-corrected chi connectivity index (χ4v) is 8.77. The predicted molar refractivity (Wildman–Crippen MR) is 284 cm³/mol. The van der Waals surface area contributed by atoms with Gasteiger partial charge in [0.1, 0.15) is 13.2 Å². The van der Waals surface area contributed by atoms with Gasteiger partial charge in [-0.1, -0.05) is 276 Å². The zero-order valence-electron chi connectivity index (χ0n) is 44.5. The van der Waals surface area contributed by atoms with Crippen LogP contribution in [0.15, 0.2) is 24.3 Å². The number of rotatable bonds is 54. The highest BCUT2D eigenvalue weighted by Gasteiger charge is 2.19. The van der Waals surface area contributed by atoms with E-state index < -0.39 is 6.10 Å². The lowest BCUT2D eigenvalue weighted by molar-refractivity contribution is -0.167. The van der Waals surface area contributed by atoms with Gasteiger partial charge in [-0.3, -0.25) is 14.4 Å². The molecule has 0 aliphatic rings. The maximum atomic E-state index is 12.7. The smallest absolute Gasteiger partial charge is 0.306 e. The zero-order chi connectivity index (χ0) is 47.9. The Morgan fingerprint density at radius 2 is 0.545 bits per heavy atom. The molecular weight excluding hydrogens is 817 g/mol. The van der Waals surface area contributed by atoms with Crippen molar-refractivity contribution >= 4 is 17.9 Å². The van der Waals surface area contributed by atoms with Crippen molar-refractivity contribution in [3.8, 4) is 0 Å². The van der Waals surface area contributed by atoms with Gasteiger partial charge in [-0.2, -0.15) is 0 Å². The molecule has 6 nitrogen and oxygen atoms in total. The molecule has 0 amide bonds. The van der Waals surface area contributed by atoms with Gasteiger partial charge in [0, 0.05) is 19.3 Å². The minimum Gasteiger partial charge on any atom is -0.462 e. The Bertz CT molecular complexity index is 1070. The highest BCUT2D eigenvalue weighted by atomic mass is 16.6. The topological polar surface area (TPSA) is 78.9 Å². The number of carbonyl (C=O) groups is 3. The molecule has 0 aromatic heterocycles. The number of carbonyl (C=O) groups excluding carboxylic acids is 3. The van der Waals surface area contributed by atoms with Crippen LogP contribution in [0, 0.1) is 0 Å². The summed E-state index contributed by atoms with van der Waals surface area (Å²) in [6, 6.07) is 0. The van der Waals surface area contributed by atoms with Gasteiger partial charge in [0.05, 0.1) is 0 Å². The standard InChI is InChI=1S/C60H112O6/c1-4-7-10-13-15-17-19-21-22-23-24-25-26-27-28-29-30-31-32-33-34-35-36-37-38-39-41-42-44-47-50-53-59(62)65-56-57(55-64-58(61)52-49-46-12-9-6-3)66-60(63)54-51-48-45-43-40-20-18-16-14-11-8-5-2/h19,21,23-24,57H,4-18,20,22,25-56H2,1-3H3/b21-19-,24-23-. The van der Waals surface area contributed by atoms with Crippen molar-refractivity contribution in [2.24, 2.45) is 0 Å². The lowest BCUT2D eigenvalue weighted by Crippen LogP contribution is -2.30. The molecule has 0 N–H and O–H groups in total. The molecule has 388 valence electrons. The Kier molecular flexibility index (Phi) is 53.7. The summed E-state index contributed by atoms with van der Waals surface area (Å²) in [5.74, 6) is -0.863. The first kappa shape index (κ1) is 63.9. The molecule has 1 unspecified atom stereocenters. The summed E-state index contributed by atoms with van der Waals surface area (Å²) >= 11 is 0. The first-order valence-electron chi connectivity index (χ1n) is 29.3. The molecule has 0 aromatic rings. The summed E-state index contributed by atoms with van der Waals surface area (Å²) in [4.78, 5) is 37.7. The molecule has 0 radical (unpaired) electrons. The average molecular weight is 930 g/mol. The normalized spacial score (nSPS) is 12.1. The molecule has 0 spiro atoms. The minimum absolute atomic E-state index is 0.0659. The fourth-order valence-electron chi connectivity index (χ4n) is 8.77. The molecule has 0 bridgehead atoms. The summed E-state index contributed by atoms with van der Waals surface area (Å²) < 4.78 is 16.7. The fraction of sp³-hybridized carbons (Fsp3) is 0.883. The number of hydrogen-bond donors (Lipinski definition) is 0. The van der Waals surface area contributed by atoms with Crippen molar-refractivity contribution in [2.45, 2.75) is 329 Å². The van der Waals surface area contributed by atoms with Crippen LogP contribution in [0.1, 0.15) is 323 Å². The van der Waals surface area contributed by atoms with Gasteiger partial charge in [-0.05, 0) is 51.4 Å². The van der Waals surface area contributed by atoms with E-state index in [-0.39, 0.29) is 31.1 Å². The van der Waals surface area contributed by atoms with Gasteiger partial charge in [-0.15, -0.1) is 0 Å². The molecule has 0 saturated carbocycles. The number of ether oxygens (including phenoxy) is 3. The lowest BCUT2D eigenvalue weighted by Gasteiger charge is -2.18. The van der Waals surface area contributed by atoms with Crippen molar-refractivity contribution in [1.29, 1.82) is 0 Å². The Morgan fingerprint density at radius 3 is 0.833 bits per heavy atom. The van der Waals surface area contributed by atoms with Crippen LogP contribution < -0.4 is 0 Å². The van der Waals surface area contributed by atoms with Gasteiger partial charge in [-0.25, -0.2) is 0 Å². The van der Waals surface area contributed by atoms with Crippen LogP contribution in [0.4, 0.5) is 0 Å². The molecule has 1 atom stereocenters. The van der Waals surface area contributed by atoms with Crippen molar-refractivity contribution in [3.63, 3.8) is 0 Å². The Balaban J connectivity index is 3.87. The predicted octanol–water partition coefficient (Wildman–Crippen LogP) is 19.5. The second-order valence-electron chi connectivity index (χ2n) is 19.9. The maximum absolute atomic E-state index is 12.7. The van der Waals surface area contributed by atoms with Crippen LogP contribution in [-0.2, 0) is 28.6 Å². The van der Waals surface area contributed by atoms with Crippen LogP contribution in [0.2, 0.25) is 0 Å². The highest BCUT2D eigenvalue weighted by molar-refractivity contribution is 5.71. The maximum Gasteiger partial charge on any atom is 0.306 e. The van der Waals surface area contributed by atoms with Crippen LogP contribution in [0.25, 0.3) is 0 Å². The summed E-state index contributed by atoms with van der Waals surface area (Å²) in [6.07, 6.45) is 65.2. The van der Waals surface area contributed by atoms with Crippen molar-refractivity contribution in [2.75, 3.05) is 13.2 Å². The molecule has 6 heteroatoms. The van der Waals surface area contributed by atoms with Crippen LogP contribution in [0.5, 0.6) is 0 Å². The van der Waals surface area contributed by atoms with Crippen molar-refractivity contribution in [1.82, 2.24) is 0 Å². The second-order valence-corrected chi connectivity index (χ2v) is 19.9. The van der Waals surface area contributed by atoms with Gasteiger partial charge in [0.25, 0.3) is 0 Å². The molecule has 0 fully saturated rings. The molecule has 0 aromatic carbocycles. The summed E-state index contributed by atoms with van der Waals surface area (Å²) in [5, 5.41) is 0. The van der Waals surface area contributed by atoms with E-state index >= 15 is 0 Å². The molecule has 0 saturated heterocycles. The largest absolute Gasteiger partial charge is 0.462 e. The quantitative estimate of drug-likeness (QED) is 0.0262. The molecule has 66 heavy (non-hydrogen) atoms. The van der Waals surface area contributed by atoms with E-state index in [9.17, 15) is 14.4 Å². The van der Waals surface area contributed by atoms with Crippen molar-refractivity contribution in [3.05, 3.63) is 24.3 Å². The van der Waals surface area contributed by atoms with E-state index in [0.29, 0.717) is 19.3 Å². The number of esters is 3. The van der Waals surface area contributed by atoms with E-state index in [4.69, 9.17) is 14.2 Å². The minimum atomic E-state index is -0.761. The van der Waals surface area contributed by atoms with Gasteiger partial charge >= 0.3 is 17.9 Å². The monoisotopic (exact) mass is 929 g/mol. The SMILES string of the molecule is CCCCCCC/C=C\C/C=C\CCCCCCCCCCCCCCCCCCCCCC(=O)OCC(COC(=O)CCCCCCC)OC(=O)CCCCCCCCCCCCCC.